The van der Waals surface area contributed by atoms with Gasteiger partial charge in [0.05, 0.1) is 0 Å². The zero-order chi connectivity index (χ0) is 30.0. The van der Waals surface area contributed by atoms with Gasteiger partial charge in [-0.25, -0.2) is 4.79 Å². The zero-order valence-electron chi connectivity index (χ0n) is 25.7. The highest BCUT2D eigenvalue weighted by atomic mass is 32.2. The van der Waals surface area contributed by atoms with E-state index in [-0.39, 0.29) is 17.9 Å². The van der Waals surface area contributed by atoms with Crippen molar-refractivity contribution in [1.29, 1.82) is 0 Å². The van der Waals surface area contributed by atoms with E-state index in [4.69, 9.17) is 4.74 Å². The Morgan fingerprint density at radius 3 is 2.40 bits per heavy atom. The molecule has 1 saturated carbocycles. The SMILES string of the molecule is CC(C)(C)OC(=O)N1CC=CC[C@H]1C(=O)NC(CSCC1CCCCC1)C(=O)NC1CCN(Cc2ccccc2)CC1. The second kappa shape index (κ2) is 15.8. The van der Waals surface area contributed by atoms with E-state index in [9.17, 15) is 14.4 Å². The average Bonchev–Trinajstić information content (AvgIpc) is 2.98. The van der Waals surface area contributed by atoms with Gasteiger partial charge in [-0.2, -0.15) is 11.8 Å². The van der Waals surface area contributed by atoms with Crippen LogP contribution in [0.1, 0.15) is 77.7 Å². The number of rotatable bonds is 10. The van der Waals surface area contributed by atoms with Gasteiger partial charge in [-0.1, -0.05) is 61.7 Å². The molecule has 2 fully saturated rings. The Hall–Kier alpha value is -2.52. The Labute approximate surface area is 256 Å². The van der Waals surface area contributed by atoms with Crippen LogP contribution < -0.4 is 10.6 Å². The summed E-state index contributed by atoms with van der Waals surface area (Å²) >= 11 is 1.76. The van der Waals surface area contributed by atoms with Crippen molar-refractivity contribution in [2.75, 3.05) is 31.1 Å². The van der Waals surface area contributed by atoms with E-state index < -0.39 is 23.8 Å². The minimum absolute atomic E-state index is 0.0862. The van der Waals surface area contributed by atoms with Gasteiger partial charge < -0.3 is 15.4 Å². The first-order chi connectivity index (χ1) is 20.2. The molecular formula is C33H50N4O4S. The van der Waals surface area contributed by atoms with Crippen LogP contribution in [0.25, 0.3) is 0 Å². The molecule has 1 aromatic rings. The van der Waals surface area contributed by atoms with Crippen molar-refractivity contribution in [3.63, 3.8) is 0 Å². The summed E-state index contributed by atoms with van der Waals surface area (Å²) in [6, 6.07) is 9.20. The van der Waals surface area contributed by atoms with Crippen LogP contribution in [0, 0.1) is 5.92 Å². The van der Waals surface area contributed by atoms with E-state index in [1.165, 1.54) is 42.6 Å². The second-order valence-corrected chi connectivity index (χ2v) is 14.1. The van der Waals surface area contributed by atoms with Crippen LogP contribution >= 0.6 is 11.8 Å². The quantitative estimate of drug-likeness (QED) is 0.363. The molecule has 1 saturated heterocycles. The number of hydrogen-bond donors (Lipinski definition) is 2. The molecule has 4 rings (SSSR count). The van der Waals surface area contributed by atoms with E-state index in [0.717, 1.165) is 38.2 Å². The highest BCUT2D eigenvalue weighted by molar-refractivity contribution is 7.99. The highest BCUT2D eigenvalue weighted by Crippen LogP contribution is 2.27. The number of nitrogens with one attached hydrogen (secondary N) is 2. The first-order valence-corrected chi connectivity index (χ1v) is 16.9. The smallest absolute Gasteiger partial charge is 0.411 e. The molecule has 1 unspecified atom stereocenters. The predicted molar refractivity (Wildman–Crippen MR) is 169 cm³/mol. The van der Waals surface area contributed by atoms with Crippen molar-refractivity contribution < 1.29 is 19.1 Å². The van der Waals surface area contributed by atoms with E-state index in [0.29, 0.717) is 24.6 Å². The molecule has 3 aliphatic rings. The lowest BCUT2D eigenvalue weighted by Gasteiger charge is -2.35. The van der Waals surface area contributed by atoms with Crippen LogP contribution in [0.3, 0.4) is 0 Å². The molecule has 9 heteroatoms. The van der Waals surface area contributed by atoms with Gasteiger partial charge >= 0.3 is 6.09 Å². The van der Waals surface area contributed by atoms with Gasteiger partial charge in [-0.15, -0.1) is 0 Å². The second-order valence-electron chi connectivity index (χ2n) is 13.0. The predicted octanol–water partition coefficient (Wildman–Crippen LogP) is 5.13. The largest absolute Gasteiger partial charge is 0.444 e. The van der Waals surface area contributed by atoms with Crippen molar-refractivity contribution >= 4 is 29.7 Å². The minimum atomic E-state index is -0.704. The van der Waals surface area contributed by atoms with Crippen LogP contribution in [0.15, 0.2) is 42.5 Å². The summed E-state index contributed by atoms with van der Waals surface area (Å²) < 4.78 is 5.57. The number of hydrogen-bond acceptors (Lipinski definition) is 6. The average molecular weight is 599 g/mol. The first kappa shape index (κ1) is 32.4. The Morgan fingerprint density at radius 1 is 1.00 bits per heavy atom. The molecule has 2 heterocycles. The molecule has 232 valence electrons. The fraction of sp³-hybridized carbons (Fsp3) is 0.667. The molecule has 2 N–H and O–H groups in total. The Balaban J connectivity index is 1.34. The number of ether oxygens (including phenoxy) is 1. The van der Waals surface area contributed by atoms with Gasteiger partial charge in [-0.05, 0) is 70.1 Å². The van der Waals surface area contributed by atoms with Crippen LogP contribution in [-0.4, -0.2) is 82.6 Å². The summed E-state index contributed by atoms with van der Waals surface area (Å²) in [5, 5.41) is 6.29. The molecule has 1 aliphatic carbocycles. The molecule has 1 aromatic carbocycles. The Morgan fingerprint density at radius 2 is 1.71 bits per heavy atom. The number of carbonyl (C=O) groups excluding carboxylic acids is 3. The molecule has 3 amide bonds. The number of amides is 3. The Kier molecular flexibility index (Phi) is 12.2. The summed E-state index contributed by atoms with van der Waals surface area (Å²) in [4.78, 5) is 44.0. The molecule has 0 aromatic heterocycles. The molecule has 2 atom stereocenters. The van der Waals surface area contributed by atoms with Crippen molar-refractivity contribution in [1.82, 2.24) is 20.4 Å². The van der Waals surface area contributed by atoms with Gasteiger partial charge in [0.2, 0.25) is 11.8 Å². The maximum Gasteiger partial charge on any atom is 0.411 e. The van der Waals surface area contributed by atoms with Gasteiger partial charge in [0.1, 0.15) is 17.7 Å². The molecule has 8 nitrogen and oxygen atoms in total. The molecule has 42 heavy (non-hydrogen) atoms. The summed E-state index contributed by atoms with van der Waals surface area (Å²) in [5.41, 5.74) is 0.643. The maximum absolute atomic E-state index is 13.6. The van der Waals surface area contributed by atoms with Crippen molar-refractivity contribution in [3.8, 4) is 0 Å². The summed E-state index contributed by atoms with van der Waals surface area (Å²) in [5.74, 6) is 1.78. The number of likely N-dealkylation sites (tertiary alicyclic amines) is 1. The highest BCUT2D eigenvalue weighted by Gasteiger charge is 2.35. The number of nitrogens with zero attached hydrogens (tertiary/aromatic N) is 2. The molecule has 2 aliphatic heterocycles. The summed E-state index contributed by atoms with van der Waals surface area (Å²) in [7, 11) is 0. The number of piperidine rings is 1. The fourth-order valence-corrected chi connectivity index (χ4v) is 7.25. The fourth-order valence-electron chi connectivity index (χ4n) is 5.97. The van der Waals surface area contributed by atoms with Crippen LogP contribution in [-0.2, 0) is 20.9 Å². The third-order valence-corrected chi connectivity index (χ3v) is 9.59. The monoisotopic (exact) mass is 598 g/mol. The topological polar surface area (TPSA) is 91.0 Å². The van der Waals surface area contributed by atoms with Gasteiger partial charge in [0, 0.05) is 38.0 Å². The third-order valence-electron chi connectivity index (χ3n) is 8.31. The lowest BCUT2D eigenvalue weighted by atomic mass is 9.91. The van der Waals surface area contributed by atoms with Crippen molar-refractivity contribution in [2.45, 2.75) is 102 Å². The minimum Gasteiger partial charge on any atom is -0.444 e. The van der Waals surface area contributed by atoms with E-state index in [1.54, 1.807) is 11.8 Å². The van der Waals surface area contributed by atoms with Gasteiger partial charge in [-0.3, -0.25) is 19.4 Å². The lowest BCUT2D eigenvalue weighted by molar-refractivity contribution is -0.131. The third kappa shape index (κ3) is 10.3. The maximum atomic E-state index is 13.6. The van der Waals surface area contributed by atoms with E-state index in [1.807, 2.05) is 39.0 Å². The van der Waals surface area contributed by atoms with Gasteiger partial charge in [0.15, 0.2) is 0 Å². The van der Waals surface area contributed by atoms with Crippen LogP contribution in [0.5, 0.6) is 0 Å². The first-order valence-electron chi connectivity index (χ1n) is 15.8. The molecular weight excluding hydrogens is 548 g/mol. The summed E-state index contributed by atoms with van der Waals surface area (Å²) in [6.07, 6.45) is 11.8. The van der Waals surface area contributed by atoms with Gasteiger partial charge in [0.25, 0.3) is 0 Å². The van der Waals surface area contributed by atoms with Crippen LogP contribution in [0.2, 0.25) is 0 Å². The standard InChI is InChI=1S/C33H50N4O4S/c1-33(2,3)41-32(40)37-19-11-10-16-29(37)31(39)35-28(24-42-23-26-14-8-5-9-15-26)30(38)34-27-17-20-36(21-18-27)22-25-12-6-4-7-13-25/h4,6-7,10-13,26-29H,5,8-9,14-24H2,1-3H3,(H,34,38)(H,35,39)/t28?,29-/m0/s1. The van der Waals surface area contributed by atoms with Crippen LogP contribution in [0.4, 0.5) is 4.79 Å². The van der Waals surface area contributed by atoms with E-state index >= 15 is 0 Å². The van der Waals surface area contributed by atoms with E-state index in [2.05, 4.69) is 39.8 Å². The Bertz CT molecular complexity index is 1050. The zero-order valence-corrected chi connectivity index (χ0v) is 26.5. The number of benzene rings is 1. The number of thioether (sulfide) groups is 1. The molecule has 0 radical (unpaired) electrons. The molecule has 0 bridgehead atoms. The van der Waals surface area contributed by atoms with Crippen molar-refractivity contribution in [3.05, 3.63) is 48.0 Å². The lowest BCUT2D eigenvalue weighted by Crippen LogP contribution is -2.58. The molecule has 0 spiro atoms. The number of carbonyl (C=O) groups is 3. The summed E-state index contributed by atoms with van der Waals surface area (Å²) in [6.45, 7) is 8.52. The van der Waals surface area contributed by atoms with Crippen molar-refractivity contribution in [2.24, 2.45) is 5.92 Å². The normalized spacial score (nSPS) is 21.5.